The van der Waals surface area contributed by atoms with Crippen molar-refractivity contribution >= 4 is 17.9 Å². The molecule has 9 aromatic carbocycles. The van der Waals surface area contributed by atoms with E-state index in [2.05, 4.69) is 104 Å². The van der Waals surface area contributed by atoms with Crippen LogP contribution in [0.2, 0.25) is 0 Å². The number of methoxy groups -OCH3 is 3. The van der Waals surface area contributed by atoms with Crippen molar-refractivity contribution < 1.29 is 70.9 Å². The number of esters is 1. The molecule has 12 nitrogen and oxygen atoms in total. The van der Waals surface area contributed by atoms with E-state index in [4.69, 9.17) is 33.2 Å². The lowest BCUT2D eigenvalue weighted by Gasteiger charge is -2.31. The van der Waals surface area contributed by atoms with Crippen LogP contribution < -0.4 is 28.4 Å². The molecule has 3 spiro atoms. The molecule has 3 fully saturated rings. The van der Waals surface area contributed by atoms with Gasteiger partial charge in [-0.3, -0.25) is 14.4 Å². The smallest absolute Gasteiger partial charge is 0.309 e. The number of allylic oxidation sites excluding steroid dienone is 3. The van der Waals surface area contributed by atoms with Crippen molar-refractivity contribution in [3.05, 3.63) is 284 Å². The molecule has 9 aromatic rings. The van der Waals surface area contributed by atoms with Gasteiger partial charge >= 0.3 is 17.9 Å². The summed E-state index contributed by atoms with van der Waals surface area (Å²) in [6.07, 6.45) is 13.7. The first-order chi connectivity index (χ1) is 54.1. The normalized spacial score (nSPS) is 22.6. The fourth-order valence-electron chi connectivity index (χ4n) is 20.4. The van der Waals surface area contributed by atoms with Crippen molar-refractivity contribution in [2.24, 2.45) is 34.0 Å². The van der Waals surface area contributed by atoms with Gasteiger partial charge in [0.1, 0.15) is 71.8 Å². The standard InChI is InChI=1S/C34H35FO4.2C32H31FO4/c1-6-33(3,4)31-24-16-20(8-11-23(24)29-27(35)12-13-28(37-5)30(29)31)19-39-22-10-9-21-14-15-34(25(21)17-22)18-26(34)32(36)38-7-2;2*1-5-31(2,3)29-22-14-18(6-9-21(22)27-25(33)10-11-26(36-4)28(27)29)17-37-20-8-7-19-12-13-32(23(19)15-20)16-24(32)30(34)35/h6,8-13,16-17,26,31H,1,7,14-15,18-19H2,2-5H3;2*5-11,14-15,24,29H,1,12-13,16-17H2,2-4H3,(H,34,35)/t26-,31?,34-;24-,29+,32-;24-,29-,32-/m000/s1. The van der Waals surface area contributed by atoms with Gasteiger partial charge in [-0.15, -0.1) is 19.7 Å². The molecule has 113 heavy (non-hydrogen) atoms. The number of carboxylic acid groups (broad SMARTS) is 2. The van der Waals surface area contributed by atoms with Gasteiger partial charge in [-0.1, -0.05) is 133 Å². The van der Waals surface area contributed by atoms with Crippen LogP contribution >= 0.6 is 0 Å². The maximum absolute atomic E-state index is 15.2. The highest BCUT2D eigenvalue weighted by Gasteiger charge is 2.64. The molecule has 0 radical (unpaired) electrons. The summed E-state index contributed by atoms with van der Waals surface area (Å²) in [5, 5.41) is 19.1. The molecule has 2 N–H and O–H groups in total. The van der Waals surface area contributed by atoms with Gasteiger partial charge in [0, 0.05) is 67.4 Å². The third-order valence-electron chi connectivity index (χ3n) is 26.9. The van der Waals surface area contributed by atoms with Gasteiger partial charge in [0.15, 0.2) is 0 Å². The highest BCUT2D eigenvalue weighted by atomic mass is 19.1. The number of carbonyl (C=O) groups is 3. The fraction of sp³-hybridized carbons (Fsp3) is 0.357. The lowest BCUT2D eigenvalue weighted by molar-refractivity contribution is -0.145. The number of aryl methyl sites for hydroxylation is 3. The Hall–Kier alpha value is -10.8. The van der Waals surface area contributed by atoms with Crippen LogP contribution in [0.15, 0.2) is 184 Å². The average Bonchev–Trinajstić information content (AvgIpc) is 1.55. The third-order valence-corrected chi connectivity index (χ3v) is 26.9. The van der Waals surface area contributed by atoms with Crippen molar-refractivity contribution in [1.82, 2.24) is 0 Å². The van der Waals surface area contributed by atoms with E-state index in [1.54, 1.807) is 39.5 Å². The first-order valence-corrected chi connectivity index (χ1v) is 39.4. The zero-order chi connectivity index (χ0) is 79.8. The van der Waals surface area contributed by atoms with Crippen LogP contribution in [-0.2, 0) is 74.4 Å². The van der Waals surface area contributed by atoms with E-state index in [0.29, 0.717) is 73.2 Å². The summed E-state index contributed by atoms with van der Waals surface area (Å²) >= 11 is 0. The highest BCUT2D eigenvalue weighted by Crippen LogP contribution is 2.66. The first-order valence-electron chi connectivity index (χ1n) is 39.4. The average molecular weight is 1520 g/mol. The minimum Gasteiger partial charge on any atom is -0.496 e. The van der Waals surface area contributed by atoms with Crippen molar-refractivity contribution in [2.45, 2.75) is 160 Å². The SMILES string of the molecule is C=CC(C)(C)C1c2cc(COc3ccc4c(c3)[C@]3(CC4)C[C@H]3C(=O)OCC)ccc2-c2c(F)ccc(OC)c21.C=CC(C)(C)[C@@H]1c2cc(COc3ccc4c(c3)[C@]3(CC4)C[C@H]3C(=O)O)ccc2-c2c(F)ccc(OC)c21.C=CC(C)(C)[C@H]1c2cc(COc3ccc4c(c3)[C@]3(CC4)C[C@H]3C(=O)O)ccc2-c2c(F)ccc(OC)c21. The van der Waals surface area contributed by atoms with Crippen LogP contribution in [0, 0.1) is 51.5 Å². The topological polar surface area (TPSA) is 156 Å². The quantitative estimate of drug-likeness (QED) is 0.0490. The molecule has 0 saturated heterocycles. The van der Waals surface area contributed by atoms with Crippen LogP contribution in [0.3, 0.4) is 0 Å². The van der Waals surface area contributed by atoms with Crippen LogP contribution in [0.4, 0.5) is 13.2 Å². The van der Waals surface area contributed by atoms with Crippen LogP contribution in [0.5, 0.6) is 34.5 Å². The van der Waals surface area contributed by atoms with E-state index in [0.717, 1.165) is 140 Å². The lowest BCUT2D eigenvalue weighted by Crippen LogP contribution is -2.19. The van der Waals surface area contributed by atoms with E-state index in [1.807, 2.05) is 91.9 Å². The molecule has 15 heteroatoms. The number of carboxylic acids is 2. The summed E-state index contributed by atoms with van der Waals surface area (Å²) in [6.45, 7) is 28.3. The van der Waals surface area contributed by atoms with E-state index in [1.165, 1.54) is 40.5 Å². The second-order valence-corrected chi connectivity index (χ2v) is 34.2. The number of halogens is 3. The van der Waals surface area contributed by atoms with Crippen LogP contribution in [0.25, 0.3) is 33.4 Å². The number of hydrogen-bond donors (Lipinski definition) is 2. The minimum absolute atomic E-state index is 0.0465. The Balaban J connectivity index is 0.000000128. The Morgan fingerprint density at radius 2 is 0.735 bits per heavy atom. The Morgan fingerprint density at radius 1 is 0.434 bits per heavy atom. The van der Waals surface area contributed by atoms with E-state index in [-0.39, 0.29) is 91.4 Å². The third kappa shape index (κ3) is 12.7. The monoisotopic (exact) mass is 1520 g/mol. The molecule has 0 aliphatic heterocycles. The highest BCUT2D eigenvalue weighted by molar-refractivity contribution is 5.86. The van der Waals surface area contributed by atoms with Gasteiger partial charge in [0.05, 0.1) is 45.7 Å². The Morgan fingerprint density at radius 3 is 1.01 bits per heavy atom. The number of hydrogen-bond acceptors (Lipinski definition) is 10. The maximum atomic E-state index is 15.2. The Bertz CT molecular complexity index is 5230. The molecule has 1 unspecified atom stereocenters. The second-order valence-electron chi connectivity index (χ2n) is 34.2. The van der Waals surface area contributed by atoms with Gasteiger partial charge in [-0.25, -0.2) is 13.2 Å². The molecular formula is C98H97F3O12. The predicted molar refractivity (Wildman–Crippen MR) is 431 cm³/mol. The van der Waals surface area contributed by atoms with E-state index >= 15 is 13.2 Å². The van der Waals surface area contributed by atoms with E-state index in [9.17, 15) is 24.6 Å². The number of benzene rings is 9. The number of rotatable bonds is 22. The van der Waals surface area contributed by atoms with Crippen molar-refractivity contribution in [2.75, 3.05) is 27.9 Å². The Kier molecular flexibility index (Phi) is 19.1. The summed E-state index contributed by atoms with van der Waals surface area (Å²) < 4.78 is 86.5. The summed E-state index contributed by atoms with van der Waals surface area (Å²) in [4.78, 5) is 35.7. The van der Waals surface area contributed by atoms with Crippen molar-refractivity contribution in [3.8, 4) is 67.9 Å². The number of ether oxygens (including phenoxy) is 7. The van der Waals surface area contributed by atoms with Crippen molar-refractivity contribution in [3.63, 3.8) is 0 Å². The molecule has 582 valence electrons. The van der Waals surface area contributed by atoms with Gasteiger partial charge in [0.2, 0.25) is 0 Å². The predicted octanol–water partition coefficient (Wildman–Crippen LogP) is 21.6. The molecular weight excluding hydrogens is 1430 g/mol. The fourth-order valence-corrected chi connectivity index (χ4v) is 20.4. The van der Waals surface area contributed by atoms with Gasteiger partial charge < -0.3 is 43.4 Å². The van der Waals surface area contributed by atoms with Gasteiger partial charge in [-0.2, -0.15) is 0 Å². The van der Waals surface area contributed by atoms with Crippen molar-refractivity contribution in [1.29, 1.82) is 0 Å². The molecule has 0 amide bonds. The van der Waals surface area contributed by atoms with Crippen LogP contribution in [0.1, 0.15) is 188 Å². The number of aliphatic carboxylic acids is 2. The first kappa shape index (κ1) is 76.2. The van der Waals surface area contributed by atoms with E-state index < -0.39 is 11.9 Å². The molecule has 9 aliphatic carbocycles. The molecule has 9 atom stereocenters. The molecule has 3 saturated carbocycles. The molecule has 18 rings (SSSR count). The Labute approximate surface area is 659 Å². The molecule has 0 heterocycles. The summed E-state index contributed by atoms with van der Waals surface area (Å²) in [6, 6.07) is 46.3. The molecule has 9 aliphatic rings. The van der Waals surface area contributed by atoms with Gasteiger partial charge in [0.25, 0.3) is 0 Å². The molecule has 0 aromatic heterocycles. The summed E-state index contributed by atoms with van der Waals surface area (Å²) in [5.74, 6) is 1.15. The second kappa shape index (κ2) is 28.4. The number of carbonyl (C=O) groups excluding carboxylic acids is 1. The number of fused-ring (bicyclic) bond motifs is 15. The minimum atomic E-state index is -0.705. The largest absolute Gasteiger partial charge is 0.496 e. The van der Waals surface area contributed by atoms with Crippen LogP contribution in [-0.4, -0.2) is 56.1 Å². The summed E-state index contributed by atoms with van der Waals surface area (Å²) in [5.41, 5.74) is 18.9. The van der Waals surface area contributed by atoms with Gasteiger partial charge in [-0.05, 0) is 237 Å². The molecule has 0 bridgehead atoms. The lowest BCUT2D eigenvalue weighted by atomic mass is 9.73. The maximum Gasteiger partial charge on any atom is 0.309 e. The zero-order valence-corrected chi connectivity index (χ0v) is 66.0. The zero-order valence-electron chi connectivity index (χ0n) is 66.0. The summed E-state index contributed by atoms with van der Waals surface area (Å²) in [7, 11) is 4.87.